The van der Waals surface area contributed by atoms with Gasteiger partial charge in [0.05, 0.1) is 5.56 Å². The van der Waals surface area contributed by atoms with Crippen LogP contribution in [0.3, 0.4) is 0 Å². The summed E-state index contributed by atoms with van der Waals surface area (Å²) >= 11 is 0. The summed E-state index contributed by atoms with van der Waals surface area (Å²) < 4.78 is 10.2. The predicted molar refractivity (Wildman–Crippen MR) is 77.7 cm³/mol. The maximum atomic E-state index is 11.7. The summed E-state index contributed by atoms with van der Waals surface area (Å²) in [6.07, 6.45) is 0. The molecule has 0 unspecified atom stereocenters. The number of hydrogen-bond acceptors (Lipinski definition) is 4. The van der Waals surface area contributed by atoms with E-state index in [0.717, 1.165) is 0 Å². The molecule has 2 aromatic carbocycles. The van der Waals surface area contributed by atoms with E-state index in [1.165, 1.54) is 0 Å². The van der Waals surface area contributed by atoms with Crippen molar-refractivity contribution in [2.75, 3.05) is 0 Å². The van der Waals surface area contributed by atoms with E-state index in [9.17, 15) is 9.59 Å². The van der Waals surface area contributed by atoms with Crippen molar-refractivity contribution in [2.24, 2.45) is 5.73 Å². The minimum Gasteiger partial charge on any atom is -0.537 e. The molecule has 2 aromatic rings. The summed E-state index contributed by atoms with van der Waals surface area (Å²) in [5.41, 5.74) is 8.16. The van der Waals surface area contributed by atoms with Crippen molar-refractivity contribution in [1.29, 1.82) is 0 Å². The largest absolute Gasteiger partial charge is 0.537 e. The summed E-state index contributed by atoms with van der Waals surface area (Å²) in [4.78, 5) is 22.8. The first-order valence-electron chi connectivity index (χ1n) is 6.17. The Morgan fingerprint density at radius 2 is 1.67 bits per heavy atom. The number of amides is 2. The van der Waals surface area contributed by atoms with Gasteiger partial charge in [-0.25, -0.2) is 5.48 Å². The number of carbonyl (C=O) groups excluding carboxylic acids is 2. The van der Waals surface area contributed by atoms with Crippen molar-refractivity contribution in [3.63, 3.8) is 0 Å². The molecule has 0 aliphatic rings. The molecule has 6 nitrogen and oxygen atoms in total. The highest BCUT2D eigenvalue weighted by Crippen LogP contribution is 2.16. The van der Waals surface area contributed by atoms with Crippen LogP contribution >= 0.6 is 0 Å². The Morgan fingerprint density at radius 1 is 1.00 bits per heavy atom. The molecular formula is C14H13BN2O4. The van der Waals surface area contributed by atoms with Crippen LogP contribution in [0, 0.1) is 0 Å². The smallest absolute Gasteiger partial charge is 0.529 e. The van der Waals surface area contributed by atoms with Crippen molar-refractivity contribution >= 4 is 19.5 Å². The lowest BCUT2D eigenvalue weighted by Crippen LogP contribution is -2.28. The van der Waals surface area contributed by atoms with Crippen LogP contribution in [-0.2, 0) is 4.76 Å². The van der Waals surface area contributed by atoms with E-state index in [-0.39, 0.29) is 19.2 Å². The van der Waals surface area contributed by atoms with Gasteiger partial charge in [0.15, 0.2) is 0 Å². The van der Waals surface area contributed by atoms with Gasteiger partial charge in [-0.3, -0.25) is 14.3 Å². The van der Waals surface area contributed by atoms with Crippen LogP contribution in [0.1, 0.15) is 20.7 Å². The van der Waals surface area contributed by atoms with Crippen molar-refractivity contribution in [3.8, 4) is 5.75 Å². The van der Waals surface area contributed by atoms with Gasteiger partial charge in [0.25, 0.3) is 11.8 Å². The van der Waals surface area contributed by atoms with Gasteiger partial charge in [0.2, 0.25) is 0 Å². The third-order valence-corrected chi connectivity index (χ3v) is 2.63. The molecule has 7 heteroatoms. The average Bonchev–Trinajstić information content (AvgIpc) is 2.52. The monoisotopic (exact) mass is 284 g/mol. The summed E-state index contributed by atoms with van der Waals surface area (Å²) in [7, 11) is -0.247. The molecule has 0 saturated carbocycles. The Bertz CT molecular complexity index is 634. The Labute approximate surface area is 122 Å². The molecule has 3 N–H and O–H groups in total. The van der Waals surface area contributed by atoms with Gasteiger partial charge < -0.3 is 10.4 Å². The topological polar surface area (TPSA) is 90.7 Å². The fourth-order valence-electron chi connectivity index (χ4n) is 1.63. The molecule has 21 heavy (non-hydrogen) atoms. The quantitative estimate of drug-likeness (QED) is 0.466. The van der Waals surface area contributed by atoms with Crippen molar-refractivity contribution < 1.29 is 19.0 Å². The first-order chi connectivity index (χ1) is 10.2. The molecule has 0 radical (unpaired) electrons. The van der Waals surface area contributed by atoms with E-state index < -0.39 is 5.91 Å². The van der Waals surface area contributed by atoms with Crippen LogP contribution < -0.4 is 15.9 Å². The maximum Gasteiger partial charge on any atom is 0.529 e. The number of nitrogens with two attached hydrogens (primary N) is 1. The number of benzene rings is 2. The molecule has 0 aromatic heterocycles. The van der Waals surface area contributed by atoms with Crippen molar-refractivity contribution in [1.82, 2.24) is 5.48 Å². The van der Waals surface area contributed by atoms with Gasteiger partial charge in [0.1, 0.15) is 5.75 Å². The lowest BCUT2D eigenvalue weighted by molar-refractivity contribution is 0.0740. The summed E-state index contributed by atoms with van der Waals surface area (Å²) in [5.74, 6) is -0.694. The van der Waals surface area contributed by atoms with Crippen molar-refractivity contribution in [3.05, 3.63) is 65.7 Å². The highest BCUT2D eigenvalue weighted by molar-refractivity contribution is 6.20. The van der Waals surface area contributed by atoms with Crippen LogP contribution in [-0.4, -0.2) is 19.5 Å². The zero-order valence-electron chi connectivity index (χ0n) is 11.1. The predicted octanol–water partition coefficient (Wildman–Crippen LogP) is 0.792. The number of hydroxylamine groups is 1. The van der Waals surface area contributed by atoms with Crippen molar-refractivity contribution in [2.45, 2.75) is 0 Å². The molecule has 0 bridgehead atoms. The summed E-state index contributed by atoms with van der Waals surface area (Å²) in [6.45, 7) is 0. The van der Waals surface area contributed by atoms with E-state index in [0.29, 0.717) is 11.3 Å². The summed E-state index contributed by atoms with van der Waals surface area (Å²) in [5, 5.41) is 0. The first kappa shape index (κ1) is 14.6. The highest BCUT2D eigenvalue weighted by Gasteiger charge is 2.10. The van der Waals surface area contributed by atoms with E-state index >= 15 is 0 Å². The van der Waals surface area contributed by atoms with Crippen LogP contribution in [0.2, 0.25) is 0 Å². The first-order valence-corrected chi connectivity index (χ1v) is 6.17. The fraction of sp³-hybridized carbons (Fsp3) is 0. The third kappa shape index (κ3) is 4.08. The van der Waals surface area contributed by atoms with Crippen LogP contribution in [0.5, 0.6) is 5.75 Å². The van der Waals surface area contributed by atoms with Gasteiger partial charge in [-0.05, 0) is 24.3 Å². The molecule has 0 atom stereocenters. The van der Waals surface area contributed by atoms with Crippen LogP contribution in [0.25, 0.3) is 0 Å². The number of primary amides is 1. The number of carbonyl (C=O) groups is 2. The zero-order chi connectivity index (χ0) is 15.1. The Hall–Kier alpha value is -2.80. The Kier molecular flexibility index (Phi) is 4.95. The lowest BCUT2D eigenvalue weighted by atomic mass is 10.2. The fourth-order valence-corrected chi connectivity index (χ4v) is 1.63. The number of para-hydroxylation sites is 1. The molecule has 0 saturated heterocycles. The molecule has 0 spiro atoms. The highest BCUT2D eigenvalue weighted by atomic mass is 16.7. The number of rotatable bonds is 6. The van der Waals surface area contributed by atoms with E-state index in [4.69, 9.17) is 15.1 Å². The molecule has 2 rings (SSSR count). The standard InChI is InChI=1S/C14H13BN2O4/c16-13(18)11-8-4-5-9-12(11)20-15-21-17-14(19)10-6-2-1-3-7-10/h1-9,15H,(H2,16,18)(H,17,19). The molecule has 106 valence electrons. The molecule has 2 amide bonds. The lowest BCUT2D eigenvalue weighted by Gasteiger charge is -2.09. The van der Waals surface area contributed by atoms with Gasteiger partial charge in [0, 0.05) is 5.56 Å². The SMILES string of the molecule is NC(=O)c1ccccc1OBONC(=O)c1ccccc1. The van der Waals surface area contributed by atoms with E-state index in [1.807, 2.05) is 6.07 Å². The Morgan fingerprint density at radius 3 is 2.38 bits per heavy atom. The van der Waals surface area contributed by atoms with Crippen LogP contribution in [0.4, 0.5) is 0 Å². The second-order valence-corrected chi connectivity index (χ2v) is 4.06. The second kappa shape index (κ2) is 7.11. The molecular weight excluding hydrogens is 271 g/mol. The molecule has 0 aliphatic heterocycles. The third-order valence-electron chi connectivity index (χ3n) is 2.63. The maximum absolute atomic E-state index is 11.7. The Balaban J connectivity index is 1.83. The molecule has 0 heterocycles. The molecule has 0 aliphatic carbocycles. The molecule has 0 fully saturated rings. The summed E-state index contributed by atoms with van der Waals surface area (Å²) in [6, 6.07) is 15.1. The van der Waals surface area contributed by atoms with Gasteiger partial charge in [-0.2, -0.15) is 0 Å². The second-order valence-electron chi connectivity index (χ2n) is 4.06. The van der Waals surface area contributed by atoms with Crippen LogP contribution in [0.15, 0.2) is 54.6 Å². The normalized spacial score (nSPS) is 9.71. The number of hydrogen-bond donors (Lipinski definition) is 2. The average molecular weight is 284 g/mol. The van der Waals surface area contributed by atoms with Gasteiger partial charge in [-0.1, -0.05) is 30.3 Å². The van der Waals surface area contributed by atoms with E-state index in [1.54, 1.807) is 48.5 Å². The minimum absolute atomic E-state index is 0.246. The number of nitrogens with one attached hydrogen (secondary N) is 1. The van der Waals surface area contributed by atoms with Gasteiger partial charge in [-0.15, -0.1) is 0 Å². The van der Waals surface area contributed by atoms with E-state index in [2.05, 4.69) is 5.48 Å². The van der Waals surface area contributed by atoms with Gasteiger partial charge >= 0.3 is 7.69 Å². The minimum atomic E-state index is -0.598. The zero-order valence-corrected chi connectivity index (χ0v) is 11.1.